The van der Waals surface area contributed by atoms with Crippen LogP contribution in [0.25, 0.3) is 0 Å². The first-order chi connectivity index (χ1) is 9.60. The molecule has 5 nitrogen and oxygen atoms in total. The first-order valence-corrected chi connectivity index (χ1v) is 6.58. The fourth-order valence-electron chi connectivity index (χ4n) is 1.99. The lowest BCUT2D eigenvalue weighted by Crippen LogP contribution is -2.18. The normalized spacial score (nSPS) is 10.5. The Kier molecular flexibility index (Phi) is 4.40. The summed E-state index contributed by atoms with van der Waals surface area (Å²) < 4.78 is 5.30. The molecule has 0 unspecified atom stereocenters. The van der Waals surface area contributed by atoms with Crippen LogP contribution in [0.3, 0.4) is 0 Å². The van der Waals surface area contributed by atoms with Crippen molar-refractivity contribution in [2.45, 2.75) is 26.3 Å². The number of aryl methyl sites for hydroxylation is 1. The van der Waals surface area contributed by atoms with E-state index in [2.05, 4.69) is 4.98 Å². The van der Waals surface area contributed by atoms with E-state index in [1.54, 1.807) is 18.4 Å². The summed E-state index contributed by atoms with van der Waals surface area (Å²) in [5, 5.41) is 9.18. The summed E-state index contributed by atoms with van der Waals surface area (Å²) in [6, 6.07) is 6.93. The number of aromatic carboxylic acids is 1. The number of nitrogens with zero attached hydrogens (tertiary/aromatic N) is 2. The number of anilines is 1. The molecule has 0 aliphatic rings. The largest absolute Gasteiger partial charge is 0.478 e. The van der Waals surface area contributed by atoms with Crippen molar-refractivity contribution < 1.29 is 14.3 Å². The van der Waals surface area contributed by atoms with Gasteiger partial charge in [0.1, 0.15) is 11.6 Å². The molecule has 0 bridgehead atoms. The second kappa shape index (κ2) is 6.23. The highest BCUT2D eigenvalue weighted by atomic mass is 16.4. The molecule has 5 heteroatoms. The van der Waals surface area contributed by atoms with E-state index in [-0.39, 0.29) is 5.56 Å². The number of aromatic nitrogens is 1. The van der Waals surface area contributed by atoms with Gasteiger partial charge in [-0.15, -0.1) is 0 Å². The van der Waals surface area contributed by atoms with E-state index in [1.165, 1.54) is 0 Å². The highest BCUT2D eigenvalue weighted by molar-refractivity contribution is 5.88. The lowest BCUT2D eigenvalue weighted by molar-refractivity contribution is 0.0696. The number of furan rings is 1. The van der Waals surface area contributed by atoms with Gasteiger partial charge in [0.2, 0.25) is 0 Å². The second-order valence-corrected chi connectivity index (χ2v) is 4.70. The van der Waals surface area contributed by atoms with Crippen LogP contribution in [-0.2, 0) is 13.0 Å². The van der Waals surface area contributed by atoms with Crippen molar-refractivity contribution in [1.82, 2.24) is 4.98 Å². The van der Waals surface area contributed by atoms with Gasteiger partial charge in [-0.25, -0.2) is 9.78 Å². The summed E-state index contributed by atoms with van der Waals surface area (Å²) >= 11 is 0. The minimum atomic E-state index is -0.933. The second-order valence-electron chi connectivity index (χ2n) is 4.70. The number of hydrogen-bond acceptors (Lipinski definition) is 4. The lowest BCUT2D eigenvalue weighted by atomic mass is 10.1. The van der Waals surface area contributed by atoms with Gasteiger partial charge in [0, 0.05) is 12.7 Å². The first kappa shape index (κ1) is 14.1. The Balaban J connectivity index is 2.26. The summed E-state index contributed by atoms with van der Waals surface area (Å²) in [7, 11) is 1.87. The topological polar surface area (TPSA) is 66.6 Å². The van der Waals surface area contributed by atoms with Gasteiger partial charge >= 0.3 is 5.97 Å². The summed E-state index contributed by atoms with van der Waals surface area (Å²) in [6.45, 7) is 2.59. The van der Waals surface area contributed by atoms with Gasteiger partial charge in [-0.3, -0.25) is 0 Å². The highest BCUT2D eigenvalue weighted by Gasteiger charge is 2.12. The molecule has 2 rings (SSSR count). The Morgan fingerprint density at radius 3 is 2.85 bits per heavy atom. The van der Waals surface area contributed by atoms with Gasteiger partial charge in [0.25, 0.3) is 0 Å². The van der Waals surface area contributed by atoms with Crippen LogP contribution in [-0.4, -0.2) is 23.1 Å². The summed E-state index contributed by atoms with van der Waals surface area (Å²) in [5.41, 5.74) is 1.07. The Morgan fingerprint density at radius 1 is 1.45 bits per heavy atom. The Morgan fingerprint density at radius 2 is 2.25 bits per heavy atom. The van der Waals surface area contributed by atoms with E-state index < -0.39 is 5.97 Å². The molecule has 0 amide bonds. The number of carboxylic acids is 1. The van der Waals surface area contributed by atoms with Gasteiger partial charge in [0.15, 0.2) is 0 Å². The van der Waals surface area contributed by atoms with Crippen molar-refractivity contribution in [3.63, 3.8) is 0 Å². The molecule has 2 heterocycles. The van der Waals surface area contributed by atoms with Crippen LogP contribution in [0.4, 0.5) is 5.82 Å². The molecule has 0 spiro atoms. The third kappa shape index (κ3) is 3.38. The van der Waals surface area contributed by atoms with Crippen molar-refractivity contribution in [3.05, 3.63) is 47.5 Å². The van der Waals surface area contributed by atoms with Gasteiger partial charge in [-0.05, 0) is 30.7 Å². The van der Waals surface area contributed by atoms with E-state index in [1.807, 2.05) is 31.0 Å². The van der Waals surface area contributed by atoms with Crippen molar-refractivity contribution in [3.8, 4) is 0 Å². The predicted molar refractivity (Wildman–Crippen MR) is 76.0 cm³/mol. The van der Waals surface area contributed by atoms with Crippen LogP contribution < -0.4 is 4.90 Å². The van der Waals surface area contributed by atoms with Gasteiger partial charge in [-0.1, -0.05) is 13.3 Å². The fourth-order valence-corrected chi connectivity index (χ4v) is 1.99. The quantitative estimate of drug-likeness (QED) is 0.877. The molecule has 0 saturated heterocycles. The van der Waals surface area contributed by atoms with Crippen LogP contribution in [0.5, 0.6) is 0 Å². The van der Waals surface area contributed by atoms with Crippen molar-refractivity contribution >= 4 is 11.8 Å². The number of carbonyl (C=O) groups is 1. The number of carboxylic acid groups (broad SMARTS) is 1. The molecule has 0 aromatic carbocycles. The molecule has 0 aliphatic carbocycles. The molecule has 20 heavy (non-hydrogen) atoms. The highest BCUT2D eigenvalue weighted by Crippen LogP contribution is 2.17. The van der Waals surface area contributed by atoms with Crippen molar-refractivity contribution in [1.29, 1.82) is 0 Å². The Bertz CT molecular complexity index is 579. The van der Waals surface area contributed by atoms with E-state index in [9.17, 15) is 9.90 Å². The van der Waals surface area contributed by atoms with Crippen LogP contribution in [0.2, 0.25) is 0 Å². The fraction of sp³-hybridized carbons (Fsp3) is 0.333. The molecule has 1 N–H and O–H groups in total. The third-order valence-electron chi connectivity index (χ3n) is 2.98. The summed E-state index contributed by atoms with van der Waals surface area (Å²) in [5.74, 6) is 0.522. The molecule has 0 fully saturated rings. The van der Waals surface area contributed by atoms with Gasteiger partial charge in [0.05, 0.1) is 18.4 Å². The molecule has 0 saturated carbocycles. The predicted octanol–water partition coefficient (Wildman–Crippen LogP) is 2.96. The van der Waals surface area contributed by atoms with Crippen molar-refractivity contribution in [2.24, 2.45) is 0 Å². The molecule has 0 atom stereocenters. The maximum Gasteiger partial charge on any atom is 0.335 e. The zero-order chi connectivity index (χ0) is 14.5. The summed E-state index contributed by atoms with van der Waals surface area (Å²) in [4.78, 5) is 17.6. The molecule has 2 aromatic heterocycles. The van der Waals surface area contributed by atoms with Gasteiger partial charge in [-0.2, -0.15) is 0 Å². The first-order valence-electron chi connectivity index (χ1n) is 6.58. The lowest BCUT2D eigenvalue weighted by Gasteiger charge is -2.18. The van der Waals surface area contributed by atoms with Crippen LogP contribution in [0, 0.1) is 0 Å². The standard InChI is InChI=1S/C15H18N2O3/c1-3-5-12-8-11(15(18)19)9-14(16-12)17(2)10-13-6-4-7-20-13/h4,6-9H,3,5,10H2,1-2H3,(H,18,19). The Labute approximate surface area is 117 Å². The van der Waals surface area contributed by atoms with Crippen LogP contribution >= 0.6 is 0 Å². The zero-order valence-corrected chi connectivity index (χ0v) is 11.7. The average molecular weight is 274 g/mol. The van der Waals surface area contributed by atoms with Crippen molar-refractivity contribution in [2.75, 3.05) is 11.9 Å². The Hall–Kier alpha value is -2.30. The van der Waals surface area contributed by atoms with Crippen LogP contribution in [0.1, 0.15) is 35.2 Å². The van der Waals surface area contributed by atoms with Gasteiger partial charge < -0.3 is 14.4 Å². The maximum atomic E-state index is 11.2. The molecule has 2 aromatic rings. The number of hydrogen-bond donors (Lipinski definition) is 1. The zero-order valence-electron chi connectivity index (χ0n) is 11.7. The third-order valence-corrected chi connectivity index (χ3v) is 2.98. The van der Waals surface area contributed by atoms with Crippen LogP contribution in [0.15, 0.2) is 34.9 Å². The molecular weight excluding hydrogens is 256 g/mol. The molecular formula is C15H18N2O3. The SMILES string of the molecule is CCCc1cc(C(=O)O)cc(N(C)Cc2ccco2)n1. The van der Waals surface area contributed by atoms with E-state index >= 15 is 0 Å². The van der Waals surface area contributed by atoms with E-state index in [0.29, 0.717) is 12.4 Å². The number of rotatable bonds is 6. The molecule has 0 radical (unpaired) electrons. The summed E-state index contributed by atoms with van der Waals surface area (Å²) in [6.07, 6.45) is 3.31. The van der Waals surface area contributed by atoms with E-state index in [4.69, 9.17) is 4.42 Å². The maximum absolute atomic E-state index is 11.2. The molecule has 106 valence electrons. The average Bonchev–Trinajstić information content (AvgIpc) is 2.91. The minimum absolute atomic E-state index is 0.268. The monoisotopic (exact) mass is 274 g/mol. The minimum Gasteiger partial charge on any atom is -0.478 e. The smallest absolute Gasteiger partial charge is 0.335 e. The van der Waals surface area contributed by atoms with E-state index in [0.717, 1.165) is 24.3 Å². The molecule has 0 aliphatic heterocycles. The number of pyridine rings is 1.